The number of carbonyl (C=O) groups is 4. The van der Waals surface area contributed by atoms with Gasteiger partial charge in [-0.15, -0.1) is 22.0 Å². The van der Waals surface area contributed by atoms with Crippen molar-refractivity contribution in [3.05, 3.63) is 52.9 Å². The third-order valence-corrected chi connectivity index (χ3v) is 7.40. The molecule has 3 heterocycles. The van der Waals surface area contributed by atoms with E-state index in [0.29, 0.717) is 11.1 Å². The van der Waals surface area contributed by atoms with Gasteiger partial charge in [0.1, 0.15) is 17.1 Å². The summed E-state index contributed by atoms with van der Waals surface area (Å²) in [4.78, 5) is 49.4. The highest BCUT2D eigenvalue weighted by Crippen LogP contribution is 2.41. The predicted octanol–water partition coefficient (Wildman–Crippen LogP) is 0.0672. The summed E-state index contributed by atoms with van der Waals surface area (Å²) in [6.07, 6.45) is -1.46. The number of amides is 2. The van der Waals surface area contributed by atoms with E-state index in [2.05, 4.69) is 20.7 Å². The smallest absolute Gasteiger partial charge is 0.359 e. The van der Waals surface area contributed by atoms with Gasteiger partial charge in [-0.1, -0.05) is 42.1 Å². The first-order valence-corrected chi connectivity index (χ1v) is 11.5. The van der Waals surface area contributed by atoms with E-state index < -0.39 is 41.3 Å². The molecule has 1 aromatic carbocycles. The number of aromatic amines is 1. The van der Waals surface area contributed by atoms with Gasteiger partial charge in [-0.05, 0) is 11.1 Å². The SMILES string of the molecule is O=C(O)C1=C(CSc2n[nH]nc2C(=O)O)CS[C@@H]2C(NC(=O)C(O)c3ccccc3)C(=O)N12. The van der Waals surface area contributed by atoms with Crippen LogP contribution in [0.1, 0.15) is 22.2 Å². The number of β-lactam (4-membered cyclic amide) rings is 1. The van der Waals surface area contributed by atoms with Crippen LogP contribution in [0.25, 0.3) is 0 Å². The molecule has 2 amide bonds. The summed E-state index contributed by atoms with van der Waals surface area (Å²) < 4.78 is 0. The van der Waals surface area contributed by atoms with Crippen LogP contribution >= 0.6 is 23.5 Å². The maximum Gasteiger partial charge on any atom is 0.359 e. The van der Waals surface area contributed by atoms with E-state index in [-0.39, 0.29) is 27.9 Å². The molecule has 2 aliphatic rings. The van der Waals surface area contributed by atoms with Crippen LogP contribution in [0.4, 0.5) is 0 Å². The van der Waals surface area contributed by atoms with Gasteiger partial charge in [-0.25, -0.2) is 9.59 Å². The van der Waals surface area contributed by atoms with Gasteiger partial charge in [0.25, 0.3) is 11.8 Å². The number of nitrogens with one attached hydrogen (secondary N) is 2. The van der Waals surface area contributed by atoms with Gasteiger partial charge in [-0.2, -0.15) is 5.21 Å². The second-order valence-corrected chi connectivity index (χ2v) is 9.11. The Balaban J connectivity index is 1.47. The Bertz CT molecular complexity index is 1150. The first-order chi connectivity index (χ1) is 15.8. The van der Waals surface area contributed by atoms with Crippen molar-refractivity contribution in [2.75, 3.05) is 11.5 Å². The van der Waals surface area contributed by atoms with E-state index in [4.69, 9.17) is 5.11 Å². The van der Waals surface area contributed by atoms with E-state index in [0.717, 1.165) is 16.7 Å². The van der Waals surface area contributed by atoms with Gasteiger partial charge in [0.15, 0.2) is 11.1 Å². The summed E-state index contributed by atoms with van der Waals surface area (Å²) in [6.45, 7) is 0. The molecular formula is C19H17N5O7S2. The molecule has 14 heteroatoms. The van der Waals surface area contributed by atoms with E-state index in [1.807, 2.05) is 0 Å². The minimum Gasteiger partial charge on any atom is -0.477 e. The number of aliphatic hydroxyl groups is 1. The fourth-order valence-electron chi connectivity index (χ4n) is 3.43. The molecule has 0 spiro atoms. The third kappa shape index (κ3) is 4.31. The lowest BCUT2D eigenvalue weighted by Gasteiger charge is -2.49. The monoisotopic (exact) mass is 491 g/mol. The number of hydrogen-bond donors (Lipinski definition) is 5. The van der Waals surface area contributed by atoms with E-state index in [1.165, 1.54) is 11.8 Å². The predicted molar refractivity (Wildman–Crippen MR) is 115 cm³/mol. The molecule has 5 N–H and O–H groups in total. The number of carbonyl (C=O) groups excluding carboxylic acids is 2. The number of carboxylic acids is 2. The number of nitrogens with zero attached hydrogens (tertiary/aromatic N) is 3. The minimum atomic E-state index is -1.46. The molecular weight excluding hydrogens is 474 g/mol. The Morgan fingerprint density at radius 2 is 1.94 bits per heavy atom. The topological polar surface area (TPSA) is 186 Å². The first-order valence-electron chi connectivity index (χ1n) is 9.49. The average molecular weight is 492 g/mol. The zero-order valence-electron chi connectivity index (χ0n) is 16.7. The number of aliphatic carboxylic acids is 1. The molecule has 3 atom stereocenters. The van der Waals surface area contributed by atoms with Gasteiger partial charge < -0.3 is 20.6 Å². The second-order valence-electron chi connectivity index (χ2n) is 7.04. The molecule has 172 valence electrons. The molecule has 1 saturated heterocycles. The van der Waals surface area contributed by atoms with Crippen LogP contribution in [0.3, 0.4) is 0 Å². The number of fused-ring (bicyclic) bond motifs is 1. The van der Waals surface area contributed by atoms with Crippen molar-refractivity contribution >= 4 is 47.3 Å². The van der Waals surface area contributed by atoms with E-state index >= 15 is 0 Å². The van der Waals surface area contributed by atoms with Gasteiger partial charge in [-0.3, -0.25) is 14.5 Å². The highest BCUT2D eigenvalue weighted by Gasteiger charge is 2.54. The zero-order valence-corrected chi connectivity index (χ0v) is 18.3. The quantitative estimate of drug-likeness (QED) is 0.248. The van der Waals surface area contributed by atoms with Gasteiger partial charge >= 0.3 is 11.9 Å². The number of aliphatic hydroxyl groups excluding tert-OH is 1. The lowest BCUT2D eigenvalue weighted by Crippen LogP contribution is -2.70. The zero-order chi connectivity index (χ0) is 23.7. The maximum atomic E-state index is 12.7. The molecule has 1 fully saturated rings. The third-order valence-electron chi connectivity index (χ3n) is 5.01. The Morgan fingerprint density at radius 3 is 2.61 bits per heavy atom. The summed E-state index contributed by atoms with van der Waals surface area (Å²) in [5, 5.41) is 40.6. The standard InChI is InChI=1S/C19H17N5O7S2/c25-13(8-4-2-1-3-5-8)14(26)20-11-16(27)24-12(19(30)31)9(7-33-17(11)24)6-32-15-10(18(28)29)21-23-22-15/h1-5,11,13,17,25H,6-7H2,(H,20,26)(H,28,29)(H,30,31)(H,21,22,23)/t11?,13?,17-/m1/s1. The molecule has 2 unspecified atom stereocenters. The molecule has 4 rings (SSSR count). The lowest BCUT2D eigenvalue weighted by molar-refractivity contribution is -0.151. The number of benzene rings is 1. The number of rotatable bonds is 8. The minimum absolute atomic E-state index is 0.0850. The van der Waals surface area contributed by atoms with Crippen molar-refractivity contribution in [1.82, 2.24) is 25.6 Å². The summed E-state index contributed by atoms with van der Waals surface area (Å²) in [6, 6.07) is 7.25. The number of aromatic carboxylic acids is 1. The fraction of sp³-hybridized carbons (Fsp3) is 0.263. The van der Waals surface area contributed by atoms with Crippen LogP contribution in [0.5, 0.6) is 0 Å². The Hall–Kier alpha value is -3.36. The summed E-state index contributed by atoms with van der Waals surface area (Å²) in [5.74, 6) is -3.61. The first kappa shape index (κ1) is 22.8. The lowest BCUT2D eigenvalue weighted by atomic mass is 10.0. The Kier molecular flexibility index (Phi) is 6.40. The second kappa shape index (κ2) is 9.25. The van der Waals surface area contributed by atoms with Crippen molar-refractivity contribution in [3.63, 3.8) is 0 Å². The molecule has 0 aliphatic carbocycles. The summed E-state index contributed by atoms with van der Waals surface area (Å²) in [5.41, 5.74) is 0.300. The molecule has 0 bridgehead atoms. The molecule has 0 saturated carbocycles. The van der Waals surface area contributed by atoms with Crippen molar-refractivity contribution in [2.45, 2.75) is 22.5 Å². The summed E-state index contributed by atoms with van der Waals surface area (Å²) >= 11 is 2.26. The highest BCUT2D eigenvalue weighted by molar-refractivity contribution is 8.01. The number of H-pyrrole nitrogens is 1. The van der Waals surface area contributed by atoms with Crippen molar-refractivity contribution < 1.29 is 34.5 Å². The van der Waals surface area contributed by atoms with E-state index in [1.54, 1.807) is 30.3 Å². The number of aromatic nitrogens is 3. The Morgan fingerprint density at radius 1 is 1.21 bits per heavy atom. The molecule has 1 aromatic heterocycles. The van der Waals surface area contributed by atoms with Crippen LogP contribution in [0.2, 0.25) is 0 Å². The van der Waals surface area contributed by atoms with Crippen molar-refractivity contribution in [1.29, 1.82) is 0 Å². The average Bonchev–Trinajstić information content (AvgIpc) is 3.29. The fourth-order valence-corrected chi connectivity index (χ4v) is 5.83. The molecule has 33 heavy (non-hydrogen) atoms. The number of thioether (sulfide) groups is 2. The summed E-state index contributed by atoms with van der Waals surface area (Å²) in [7, 11) is 0. The molecule has 0 radical (unpaired) electrons. The number of hydrogen-bond acceptors (Lipinski definition) is 9. The van der Waals surface area contributed by atoms with Crippen molar-refractivity contribution in [2.24, 2.45) is 0 Å². The van der Waals surface area contributed by atoms with Crippen LogP contribution in [0.15, 0.2) is 46.6 Å². The van der Waals surface area contributed by atoms with Gasteiger partial charge in [0.05, 0.1) is 0 Å². The number of carboxylic acid groups (broad SMARTS) is 2. The maximum absolute atomic E-state index is 12.7. The van der Waals surface area contributed by atoms with Crippen LogP contribution in [0, 0.1) is 0 Å². The normalized spacial score (nSPS) is 20.6. The van der Waals surface area contributed by atoms with Crippen molar-refractivity contribution in [3.8, 4) is 0 Å². The van der Waals surface area contributed by atoms with Crippen LogP contribution in [-0.2, 0) is 14.4 Å². The van der Waals surface area contributed by atoms with Crippen LogP contribution < -0.4 is 5.32 Å². The van der Waals surface area contributed by atoms with Crippen LogP contribution in [-0.4, -0.2) is 82.3 Å². The van der Waals surface area contributed by atoms with Gasteiger partial charge in [0, 0.05) is 11.5 Å². The Labute approximate surface area is 194 Å². The molecule has 12 nitrogen and oxygen atoms in total. The molecule has 2 aliphatic heterocycles. The molecule has 2 aromatic rings. The van der Waals surface area contributed by atoms with E-state index in [9.17, 15) is 29.4 Å². The van der Waals surface area contributed by atoms with Gasteiger partial charge in [0.2, 0.25) is 5.69 Å². The largest absolute Gasteiger partial charge is 0.477 e. The highest BCUT2D eigenvalue weighted by atomic mass is 32.2.